The Morgan fingerprint density at radius 2 is 2.44 bits per heavy atom. The summed E-state index contributed by atoms with van der Waals surface area (Å²) in [5.41, 5.74) is 2.07. The fourth-order valence-corrected chi connectivity index (χ4v) is 3.65. The first-order chi connectivity index (χ1) is 8.65. The number of thiophene rings is 1. The lowest BCUT2D eigenvalue weighted by atomic mass is 9.88. The molecule has 2 N–H and O–H groups in total. The lowest BCUT2D eigenvalue weighted by Crippen LogP contribution is -2.37. The number of hydrogen-bond donors (Lipinski definition) is 2. The molecule has 0 aliphatic heterocycles. The standard InChI is InChI=1S/C14H21NO2S/c1-3-10(7-16)15-14(17)12-8-18-13-6-9(2)4-5-11(12)13/h8-10,16H,3-7H2,1-2H3,(H,15,17)/t9?,10-/m1/s1. The maximum absolute atomic E-state index is 12.2. The molecule has 0 radical (unpaired) electrons. The van der Waals surface area contributed by atoms with Crippen molar-refractivity contribution < 1.29 is 9.90 Å². The van der Waals surface area contributed by atoms with Crippen molar-refractivity contribution in [1.82, 2.24) is 5.32 Å². The third-order valence-corrected chi connectivity index (χ3v) is 4.75. The molecule has 4 heteroatoms. The number of rotatable bonds is 4. The highest BCUT2D eigenvalue weighted by Crippen LogP contribution is 2.32. The Hall–Kier alpha value is -0.870. The van der Waals surface area contributed by atoms with Crippen LogP contribution in [0.4, 0.5) is 0 Å². The van der Waals surface area contributed by atoms with E-state index in [0.29, 0.717) is 0 Å². The minimum atomic E-state index is -0.129. The highest BCUT2D eigenvalue weighted by atomic mass is 32.1. The van der Waals surface area contributed by atoms with E-state index in [9.17, 15) is 4.79 Å². The number of fused-ring (bicyclic) bond motifs is 1. The maximum Gasteiger partial charge on any atom is 0.252 e. The third kappa shape index (κ3) is 2.75. The smallest absolute Gasteiger partial charge is 0.252 e. The Morgan fingerprint density at radius 3 is 3.11 bits per heavy atom. The predicted molar refractivity (Wildman–Crippen MR) is 74.1 cm³/mol. The van der Waals surface area contributed by atoms with Crippen LogP contribution in [-0.2, 0) is 12.8 Å². The van der Waals surface area contributed by atoms with Crippen molar-refractivity contribution in [3.05, 3.63) is 21.4 Å². The molecular weight excluding hydrogens is 246 g/mol. The van der Waals surface area contributed by atoms with Crippen LogP contribution in [0.2, 0.25) is 0 Å². The molecule has 0 saturated heterocycles. The van der Waals surface area contributed by atoms with Gasteiger partial charge in [0, 0.05) is 10.3 Å². The lowest BCUT2D eigenvalue weighted by Gasteiger charge is -2.19. The zero-order valence-electron chi connectivity index (χ0n) is 11.0. The molecule has 1 amide bonds. The van der Waals surface area contributed by atoms with Crippen LogP contribution in [0.5, 0.6) is 0 Å². The van der Waals surface area contributed by atoms with Crippen molar-refractivity contribution in [2.45, 2.75) is 45.6 Å². The molecule has 1 unspecified atom stereocenters. The van der Waals surface area contributed by atoms with Crippen LogP contribution in [-0.4, -0.2) is 23.7 Å². The molecule has 0 spiro atoms. The van der Waals surface area contributed by atoms with Gasteiger partial charge in [0.05, 0.1) is 18.2 Å². The van der Waals surface area contributed by atoms with E-state index in [4.69, 9.17) is 5.11 Å². The van der Waals surface area contributed by atoms with Crippen molar-refractivity contribution >= 4 is 17.2 Å². The first kappa shape index (κ1) is 13.6. The molecule has 1 aliphatic rings. The Labute approximate surface area is 112 Å². The van der Waals surface area contributed by atoms with E-state index in [1.165, 1.54) is 16.9 Å². The van der Waals surface area contributed by atoms with E-state index in [1.54, 1.807) is 11.3 Å². The van der Waals surface area contributed by atoms with Crippen LogP contribution in [0, 0.1) is 5.92 Å². The van der Waals surface area contributed by atoms with Crippen LogP contribution in [0.15, 0.2) is 5.38 Å². The highest BCUT2D eigenvalue weighted by Gasteiger charge is 2.23. The fourth-order valence-electron chi connectivity index (χ4n) is 2.41. The molecular formula is C14H21NO2S. The SMILES string of the molecule is CC[C@H](CO)NC(=O)c1csc2c1CCC(C)C2. The van der Waals surface area contributed by atoms with Gasteiger partial charge in [0.2, 0.25) is 0 Å². The lowest BCUT2D eigenvalue weighted by molar-refractivity contribution is 0.0914. The summed E-state index contributed by atoms with van der Waals surface area (Å²) in [6, 6.07) is -0.129. The van der Waals surface area contributed by atoms with Gasteiger partial charge in [-0.2, -0.15) is 0 Å². The minimum Gasteiger partial charge on any atom is -0.394 e. The third-order valence-electron chi connectivity index (χ3n) is 3.69. The molecule has 2 atom stereocenters. The average Bonchev–Trinajstić information content (AvgIpc) is 2.78. The predicted octanol–water partition coefficient (Wildman–Crippen LogP) is 2.37. The topological polar surface area (TPSA) is 49.3 Å². The molecule has 1 heterocycles. The molecule has 1 aromatic heterocycles. The zero-order valence-corrected chi connectivity index (χ0v) is 11.8. The van der Waals surface area contributed by atoms with Gasteiger partial charge in [-0.15, -0.1) is 11.3 Å². The summed E-state index contributed by atoms with van der Waals surface area (Å²) in [4.78, 5) is 13.5. The summed E-state index contributed by atoms with van der Waals surface area (Å²) >= 11 is 1.70. The van der Waals surface area contributed by atoms with Crippen LogP contribution in [0.25, 0.3) is 0 Å². The van der Waals surface area contributed by atoms with Crippen molar-refractivity contribution in [2.75, 3.05) is 6.61 Å². The van der Waals surface area contributed by atoms with Gasteiger partial charge in [-0.05, 0) is 37.2 Å². The molecule has 0 saturated carbocycles. The van der Waals surface area contributed by atoms with Gasteiger partial charge in [0.15, 0.2) is 0 Å². The second-order valence-electron chi connectivity index (χ2n) is 5.16. The van der Waals surface area contributed by atoms with Crippen LogP contribution >= 0.6 is 11.3 Å². The number of aliphatic hydroxyl groups excluding tert-OH is 1. The van der Waals surface area contributed by atoms with E-state index in [0.717, 1.165) is 30.7 Å². The van der Waals surface area contributed by atoms with Crippen LogP contribution in [0.1, 0.15) is 47.5 Å². The van der Waals surface area contributed by atoms with Gasteiger partial charge >= 0.3 is 0 Å². The molecule has 0 aromatic carbocycles. The van der Waals surface area contributed by atoms with Crippen molar-refractivity contribution in [2.24, 2.45) is 5.92 Å². The Balaban J connectivity index is 2.12. The van der Waals surface area contributed by atoms with Gasteiger partial charge in [-0.1, -0.05) is 13.8 Å². The fraction of sp³-hybridized carbons (Fsp3) is 0.643. The molecule has 0 bridgehead atoms. The van der Waals surface area contributed by atoms with Gasteiger partial charge in [0.1, 0.15) is 0 Å². The first-order valence-electron chi connectivity index (χ1n) is 6.66. The molecule has 18 heavy (non-hydrogen) atoms. The van der Waals surface area contributed by atoms with Gasteiger partial charge in [-0.25, -0.2) is 0 Å². The maximum atomic E-state index is 12.2. The summed E-state index contributed by atoms with van der Waals surface area (Å²) in [5, 5.41) is 14.0. The van der Waals surface area contributed by atoms with Gasteiger partial charge < -0.3 is 10.4 Å². The van der Waals surface area contributed by atoms with Crippen LogP contribution < -0.4 is 5.32 Å². The monoisotopic (exact) mass is 267 g/mol. The largest absolute Gasteiger partial charge is 0.394 e. The highest BCUT2D eigenvalue weighted by molar-refractivity contribution is 7.10. The number of nitrogens with one attached hydrogen (secondary N) is 1. The second-order valence-corrected chi connectivity index (χ2v) is 6.12. The number of carbonyl (C=O) groups excluding carboxylic acids is 1. The Morgan fingerprint density at radius 1 is 1.67 bits per heavy atom. The quantitative estimate of drug-likeness (QED) is 0.880. The molecule has 2 rings (SSSR count). The van der Waals surface area contributed by atoms with E-state index in [1.807, 2.05) is 12.3 Å². The van der Waals surface area contributed by atoms with E-state index < -0.39 is 0 Å². The summed E-state index contributed by atoms with van der Waals surface area (Å²) in [6.07, 6.45) is 4.04. The van der Waals surface area contributed by atoms with Crippen molar-refractivity contribution in [1.29, 1.82) is 0 Å². The van der Waals surface area contributed by atoms with Crippen LogP contribution in [0.3, 0.4) is 0 Å². The van der Waals surface area contributed by atoms with Crippen molar-refractivity contribution in [3.63, 3.8) is 0 Å². The molecule has 0 fully saturated rings. The average molecular weight is 267 g/mol. The number of hydrogen-bond acceptors (Lipinski definition) is 3. The molecule has 3 nitrogen and oxygen atoms in total. The Kier molecular flexibility index (Phi) is 4.40. The molecule has 1 aromatic rings. The zero-order chi connectivity index (χ0) is 13.1. The minimum absolute atomic E-state index is 0.00556. The number of carbonyl (C=O) groups is 1. The summed E-state index contributed by atoms with van der Waals surface area (Å²) < 4.78 is 0. The normalized spacial score (nSPS) is 20.3. The van der Waals surface area contributed by atoms with E-state index in [-0.39, 0.29) is 18.6 Å². The Bertz CT molecular complexity index is 423. The van der Waals surface area contributed by atoms with Gasteiger partial charge in [0.25, 0.3) is 5.91 Å². The summed E-state index contributed by atoms with van der Waals surface area (Å²) in [7, 11) is 0. The van der Waals surface area contributed by atoms with Crippen molar-refractivity contribution in [3.8, 4) is 0 Å². The van der Waals surface area contributed by atoms with E-state index in [2.05, 4.69) is 12.2 Å². The second kappa shape index (κ2) is 5.85. The molecule has 100 valence electrons. The number of amides is 1. The summed E-state index contributed by atoms with van der Waals surface area (Å²) in [5.74, 6) is 0.704. The summed E-state index contributed by atoms with van der Waals surface area (Å²) in [6.45, 7) is 4.23. The molecule has 1 aliphatic carbocycles. The number of aliphatic hydroxyl groups is 1. The van der Waals surface area contributed by atoms with Gasteiger partial charge in [-0.3, -0.25) is 4.79 Å². The first-order valence-corrected chi connectivity index (χ1v) is 7.54. The van der Waals surface area contributed by atoms with E-state index >= 15 is 0 Å².